The lowest BCUT2D eigenvalue weighted by molar-refractivity contribution is 0.112. The van der Waals surface area contributed by atoms with Crippen molar-refractivity contribution in [2.75, 3.05) is 14.2 Å². The van der Waals surface area contributed by atoms with E-state index in [-0.39, 0.29) is 14.3 Å². The van der Waals surface area contributed by atoms with E-state index < -0.39 is 0 Å². The van der Waals surface area contributed by atoms with Gasteiger partial charge in [-0.05, 0) is 11.4 Å². The number of carbonyl (C=O) groups excluding carboxylic acids is 1. The van der Waals surface area contributed by atoms with Gasteiger partial charge in [-0.2, -0.15) is 0 Å². The summed E-state index contributed by atoms with van der Waals surface area (Å²) in [7, 11) is 3.18. The minimum Gasteiger partial charge on any atom is -0.504 e. The van der Waals surface area contributed by atoms with E-state index >= 15 is 0 Å². The van der Waals surface area contributed by atoms with Crippen molar-refractivity contribution in [1.29, 1.82) is 0 Å². The monoisotopic (exact) mass is 290 g/mol. The summed E-state index contributed by atoms with van der Waals surface area (Å²) in [4.78, 5) is 11.0. The molecular weight excluding hydrogens is 275 g/mol. The first-order valence-electron chi connectivity index (χ1n) is 5.95. The minimum atomic E-state index is 0.0762. The lowest BCUT2D eigenvalue weighted by Gasteiger charge is -2.12. The number of phenols is 1. The van der Waals surface area contributed by atoms with Crippen LogP contribution in [0.5, 0.6) is 17.2 Å². The maximum absolute atomic E-state index is 11.0. The van der Waals surface area contributed by atoms with Crippen molar-refractivity contribution >= 4 is 25.5 Å². The number of aldehydes is 1. The number of ether oxygens (including phenoxy) is 2. The average molecular weight is 290 g/mol. The molecule has 0 aliphatic heterocycles. The van der Waals surface area contributed by atoms with Gasteiger partial charge in [-0.25, -0.2) is 0 Å². The molecule has 1 atom stereocenters. The van der Waals surface area contributed by atoms with Gasteiger partial charge in [0.1, 0.15) is 5.75 Å². The molecule has 20 heavy (non-hydrogen) atoms. The molecule has 0 bridgehead atoms. The molecule has 0 aromatic heterocycles. The van der Waals surface area contributed by atoms with Crippen molar-refractivity contribution in [3.63, 3.8) is 0 Å². The van der Waals surface area contributed by atoms with Crippen LogP contribution in [0.2, 0.25) is 0 Å². The Morgan fingerprint density at radius 1 is 1.10 bits per heavy atom. The molecule has 0 aliphatic carbocycles. The van der Waals surface area contributed by atoms with E-state index in [0.717, 1.165) is 11.6 Å². The standard InChI is InChI=1S/C15H15O4P/c1-18-11-7-12(19-2)15(17)14(8-11)20-13-6-4-3-5-10(13)9-16/h3-9,17,20H,1-2H3. The second-order valence-electron chi connectivity index (χ2n) is 4.06. The maximum atomic E-state index is 11.0. The molecule has 1 N–H and O–H groups in total. The SMILES string of the molecule is COc1cc(OC)c(O)c(Pc2ccccc2C=O)c1. The number of phenolic OH excluding ortho intramolecular Hbond substituents is 1. The van der Waals surface area contributed by atoms with Crippen molar-refractivity contribution in [2.24, 2.45) is 0 Å². The molecule has 0 amide bonds. The first kappa shape index (κ1) is 14.4. The van der Waals surface area contributed by atoms with Gasteiger partial charge in [0.2, 0.25) is 0 Å². The first-order valence-corrected chi connectivity index (χ1v) is 6.95. The van der Waals surface area contributed by atoms with Crippen LogP contribution in [0.4, 0.5) is 0 Å². The summed E-state index contributed by atoms with van der Waals surface area (Å²) in [6.45, 7) is 0. The Labute approximate surface area is 119 Å². The van der Waals surface area contributed by atoms with Gasteiger partial charge >= 0.3 is 0 Å². The Hall–Kier alpha value is -2.06. The van der Waals surface area contributed by atoms with E-state index in [9.17, 15) is 9.90 Å². The van der Waals surface area contributed by atoms with E-state index in [1.807, 2.05) is 18.2 Å². The van der Waals surface area contributed by atoms with Gasteiger partial charge in [-0.1, -0.05) is 32.8 Å². The second kappa shape index (κ2) is 6.40. The van der Waals surface area contributed by atoms with E-state index in [1.54, 1.807) is 25.3 Å². The fourth-order valence-corrected chi connectivity index (χ4v) is 3.02. The van der Waals surface area contributed by atoms with Crippen molar-refractivity contribution < 1.29 is 19.4 Å². The summed E-state index contributed by atoms with van der Waals surface area (Å²) in [5.41, 5.74) is 0.618. The Morgan fingerprint density at radius 3 is 2.50 bits per heavy atom. The Morgan fingerprint density at radius 2 is 1.85 bits per heavy atom. The average Bonchev–Trinajstić information content (AvgIpc) is 2.49. The van der Waals surface area contributed by atoms with Crippen LogP contribution in [0.3, 0.4) is 0 Å². The fourth-order valence-electron chi connectivity index (χ4n) is 1.81. The van der Waals surface area contributed by atoms with Crippen LogP contribution in [0.1, 0.15) is 10.4 Å². The largest absolute Gasteiger partial charge is 0.504 e. The molecule has 0 fully saturated rings. The highest BCUT2D eigenvalue weighted by molar-refractivity contribution is 7.56. The zero-order chi connectivity index (χ0) is 14.5. The first-order chi connectivity index (χ1) is 9.69. The highest BCUT2D eigenvalue weighted by atomic mass is 31.1. The van der Waals surface area contributed by atoms with Gasteiger partial charge < -0.3 is 14.6 Å². The van der Waals surface area contributed by atoms with Crippen molar-refractivity contribution in [1.82, 2.24) is 0 Å². The summed E-state index contributed by atoms with van der Waals surface area (Å²) >= 11 is 0. The molecule has 0 saturated heterocycles. The second-order valence-corrected chi connectivity index (χ2v) is 5.38. The molecule has 0 heterocycles. The lowest BCUT2D eigenvalue weighted by atomic mass is 10.2. The third kappa shape index (κ3) is 2.91. The molecule has 0 saturated carbocycles. The highest BCUT2D eigenvalue weighted by Crippen LogP contribution is 2.33. The number of aromatic hydroxyl groups is 1. The normalized spacial score (nSPS) is 10.7. The Kier molecular flexibility index (Phi) is 4.59. The number of benzene rings is 2. The van der Waals surface area contributed by atoms with Gasteiger partial charge in [0.05, 0.1) is 14.2 Å². The molecule has 0 aliphatic rings. The smallest absolute Gasteiger partial charge is 0.165 e. The van der Waals surface area contributed by atoms with E-state index in [0.29, 0.717) is 22.4 Å². The summed E-state index contributed by atoms with van der Waals surface area (Å²) in [6, 6.07) is 10.7. The van der Waals surface area contributed by atoms with Crippen molar-refractivity contribution in [2.45, 2.75) is 0 Å². The number of carbonyl (C=O) groups is 1. The zero-order valence-electron chi connectivity index (χ0n) is 11.2. The molecule has 2 rings (SSSR count). The van der Waals surface area contributed by atoms with Crippen LogP contribution >= 0.6 is 8.58 Å². The molecule has 4 nitrogen and oxygen atoms in total. The maximum Gasteiger partial charge on any atom is 0.165 e. The number of hydrogen-bond acceptors (Lipinski definition) is 4. The van der Waals surface area contributed by atoms with Crippen LogP contribution < -0.4 is 20.1 Å². The van der Waals surface area contributed by atoms with Crippen LogP contribution in [-0.2, 0) is 0 Å². The molecule has 5 heteroatoms. The third-order valence-electron chi connectivity index (χ3n) is 2.86. The van der Waals surface area contributed by atoms with Crippen LogP contribution in [0, 0.1) is 0 Å². The number of rotatable bonds is 5. The van der Waals surface area contributed by atoms with Crippen molar-refractivity contribution in [3.05, 3.63) is 42.0 Å². The molecule has 2 aromatic carbocycles. The van der Waals surface area contributed by atoms with Gasteiger partial charge in [0.15, 0.2) is 17.8 Å². The molecule has 104 valence electrons. The van der Waals surface area contributed by atoms with Gasteiger partial charge in [-0.3, -0.25) is 4.79 Å². The van der Waals surface area contributed by atoms with Crippen LogP contribution in [0.25, 0.3) is 0 Å². The minimum absolute atomic E-state index is 0.0762. The summed E-state index contributed by atoms with van der Waals surface area (Å²) in [5.74, 6) is 1.04. The fraction of sp³-hybridized carbons (Fsp3) is 0.133. The summed E-state index contributed by atoms with van der Waals surface area (Å²) in [5, 5.41) is 11.7. The van der Waals surface area contributed by atoms with Crippen LogP contribution in [-0.4, -0.2) is 25.6 Å². The summed E-state index contributed by atoms with van der Waals surface area (Å²) < 4.78 is 10.3. The molecule has 0 spiro atoms. The van der Waals surface area contributed by atoms with Crippen LogP contribution in [0.15, 0.2) is 36.4 Å². The zero-order valence-corrected chi connectivity index (χ0v) is 12.2. The Bertz CT molecular complexity index is 625. The molecule has 0 radical (unpaired) electrons. The third-order valence-corrected chi connectivity index (χ3v) is 4.24. The van der Waals surface area contributed by atoms with Gasteiger partial charge in [0, 0.05) is 16.9 Å². The van der Waals surface area contributed by atoms with Gasteiger partial charge in [0.25, 0.3) is 0 Å². The lowest BCUT2D eigenvalue weighted by Crippen LogP contribution is -2.09. The molecule has 2 aromatic rings. The van der Waals surface area contributed by atoms with Crippen molar-refractivity contribution in [3.8, 4) is 17.2 Å². The Balaban J connectivity index is 2.44. The topological polar surface area (TPSA) is 55.8 Å². The number of methoxy groups -OCH3 is 2. The van der Waals surface area contributed by atoms with E-state index in [4.69, 9.17) is 9.47 Å². The summed E-state index contributed by atoms with van der Waals surface area (Å²) in [6.07, 6.45) is 0.816. The molecule has 1 unspecified atom stereocenters. The highest BCUT2D eigenvalue weighted by Gasteiger charge is 2.13. The van der Waals surface area contributed by atoms with E-state index in [1.165, 1.54) is 7.11 Å². The molecular formula is C15H15O4P. The predicted molar refractivity (Wildman–Crippen MR) is 80.6 cm³/mol. The van der Waals surface area contributed by atoms with Gasteiger partial charge in [-0.15, -0.1) is 0 Å². The number of hydrogen-bond donors (Lipinski definition) is 1. The quantitative estimate of drug-likeness (QED) is 0.674. The van der Waals surface area contributed by atoms with E-state index in [2.05, 4.69) is 0 Å². The predicted octanol–water partition coefficient (Wildman–Crippen LogP) is 1.85.